The quantitative estimate of drug-likeness (QED) is 0.544. The number of allylic oxidation sites excluding steroid dienone is 5. The van der Waals surface area contributed by atoms with Gasteiger partial charge in [-0.1, -0.05) is 28.9 Å². The Balaban J connectivity index is 2.38. The van der Waals surface area contributed by atoms with Crippen molar-refractivity contribution in [1.29, 1.82) is 0 Å². The molecule has 1 rings (SSSR count). The number of nitrogens with zero attached hydrogens (tertiary/aromatic N) is 1. The summed E-state index contributed by atoms with van der Waals surface area (Å²) in [6, 6.07) is 0. The van der Waals surface area contributed by atoms with Crippen molar-refractivity contribution in [3.63, 3.8) is 0 Å². The van der Waals surface area contributed by atoms with Gasteiger partial charge in [-0.05, 0) is 72.6 Å². The Hall–Kier alpha value is -1.35. The van der Waals surface area contributed by atoms with Crippen molar-refractivity contribution in [3.05, 3.63) is 34.9 Å². The van der Waals surface area contributed by atoms with Crippen molar-refractivity contribution in [2.45, 2.75) is 78.9 Å². The zero-order chi connectivity index (χ0) is 17.2. The van der Waals surface area contributed by atoms with Crippen molar-refractivity contribution in [2.75, 3.05) is 6.54 Å². The Labute approximate surface area is 141 Å². The number of aliphatic hydroxyl groups is 1. The molecule has 0 aromatic heterocycles. The fraction of sp³-hybridized carbons (Fsp3) is 0.650. The van der Waals surface area contributed by atoms with E-state index in [1.165, 1.54) is 11.1 Å². The molecular formula is C20H33NO2. The lowest BCUT2D eigenvalue weighted by Gasteiger charge is -2.31. The van der Waals surface area contributed by atoms with E-state index in [0.717, 1.165) is 44.1 Å². The smallest absolute Gasteiger partial charge is 0.248 e. The predicted molar refractivity (Wildman–Crippen MR) is 97.0 cm³/mol. The third-order valence-electron chi connectivity index (χ3n) is 4.25. The maximum Gasteiger partial charge on any atom is 0.248 e. The van der Waals surface area contributed by atoms with Crippen LogP contribution in [0.1, 0.15) is 72.6 Å². The molecular weight excluding hydrogens is 286 g/mol. The first-order chi connectivity index (χ1) is 10.9. The van der Waals surface area contributed by atoms with Gasteiger partial charge in [-0.25, -0.2) is 0 Å². The highest BCUT2D eigenvalue weighted by Gasteiger charge is 2.23. The average molecular weight is 319 g/mol. The lowest BCUT2D eigenvalue weighted by Crippen LogP contribution is -2.42. The Bertz CT molecular complexity index is 470. The van der Waals surface area contributed by atoms with Gasteiger partial charge >= 0.3 is 0 Å². The standard InChI is InChI=1S/C20H33NO2/c1-16(2)9-7-10-17(3)11-8-12-18(4)15-20(23)21-14-6-5-13-19(21)22/h9,11,15,19,22H,5-8,10,12-14H2,1-4H3/b17-11+,18-15+. The van der Waals surface area contributed by atoms with Crippen LogP contribution in [0.3, 0.4) is 0 Å². The Morgan fingerprint density at radius 1 is 1.04 bits per heavy atom. The Morgan fingerprint density at radius 2 is 1.70 bits per heavy atom. The highest BCUT2D eigenvalue weighted by atomic mass is 16.3. The van der Waals surface area contributed by atoms with Gasteiger partial charge in [0.15, 0.2) is 0 Å². The number of aliphatic hydroxyl groups excluding tert-OH is 1. The number of piperidine rings is 1. The van der Waals surface area contributed by atoms with E-state index in [1.54, 1.807) is 11.0 Å². The predicted octanol–water partition coefficient (Wildman–Crippen LogP) is 4.74. The number of amides is 1. The summed E-state index contributed by atoms with van der Waals surface area (Å²) in [6.45, 7) is 9.10. The fourth-order valence-corrected chi connectivity index (χ4v) is 2.77. The third kappa shape index (κ3) is 8.17. The van der Waals surface area contributed by atoms with Crippen LogP contribution in [0.5, 0.6) is 0 Å². The van der Waals surface area contributed by atoms with Crippen LogP contribution in [0.15, 0.2) is 34.9 Å². The highest BCUT2D eigenvalue weighted by Crippen LogP contribution is 2.17. The molecule has 23 heavy (non-hydrogen) atoms. The molecule has 1 heterocycles. The topological polar surface area (TPSA) is 40.5 Å². The monoisotopic (exact) mass is 319 g/mol. The molecule has 0 spiro atoms. The van der Waals surface area contributed by atoms with Gasteiger partial charge in [-0.3, -0.25) is 4.79 Å². The van der Waals surface area contributed by atoms with Crippen LogP contribution >= 0.6 is 0 Å². The normalized spacial score (nSPS) is 19.7. The molecule has 0 aromatic rings. The van der Waals surface area contributed by atoms with Gasteiger partial charge < -0.3 is 10.0 Å². The zero-order valence-corrected chi connectivity index (χ0v) is 15.3. The molecule has 3 heteroatoms. The van der Waals surface area contributed by atoms with Crippen LogP contribution in [0.4, 0.5) is 0 Å². The molecule has 3 nitrogen and oxygen atoms in total. The van der Waals surface area contributed by atoms with E-state index in [0.29, 0.717) is 13.0 Å². The number of hydrogen-bond acceptors (Lipinski definition) is 2. The summed E-state index contributed by atoms with van der Waals surface area (Å²) < 4.78 is 0. The highest BCUT2D eigenvalue weighted by molar-refractivity contribution is 5.88. The van der Waals surface area contributed by atoms with Crippen molar-refractivity contribution >= 4 is 5.91 Å². The van der Waals surface area contributed by atoms with Crippen molar-refractivity contribution in [1.82, 2.24) is 4.90 Å². The first-order valence-electron chi connectivity index (χ1n) is 8.85. The number of likely N-dealkylation sites (tertiary alicyclic amines) is 1. The number of carbonyl (C=O) groups is 1. The number of rotatable bonds is 7. The second kappa shape index (κ2) is 10.4. The lowest BCUT2D eigenvalue weighted by molar-refractivity contribution is -0.138. The molecule has 1 N–H and O–H groups in total. The van der Waals surface area contributed by atoms with Crippen molar-refractivity contribution in [2.24, 2.45) is 0 Å². The summed E-state index contributed by atoms with van der Waals surface area (Å²) in [5.41, 5.74) is 3.86. The number of hydrogen-bond donors (Lipinski definition) is 1. The molecule has 0 bridgehead atoms. The molecule has 1 saturated heterocycles. The van der Waals surface area contributed by atoms with Gasteiger partial charge in [-0.2, -0.15) is 0 Å². The average Bonchev–Trinajstić information content (AvgIpc) is 2.47. The fourth-order valence-electron chi connectivity index (χ4n) is 2.77. The van der Waals surface area contributed by atoms with Gasteiger partial charge in [0.05, 0.1) is 0 Å². The molecule has 1 aliphatic heterocycles. The Morgan fingerprint density at radius 3 is 2.35 bits per heavy atom. The Kier molecular flexibility index (Phi) is 8.93. The first kappa shape index (κ1) is 19.7. The van der Waals surface area contributed by atoms with Gasteiger partial charge in [-0.15, -0.1) is 0 Å². The third-order valence-corrected chi connectivity index (χ3v) is 4.25. The molecule has 0 aliphatic carbocycles. The van der Waals surface area contributed by atoms with E-state index < -0.39 is 6.23 Å². The zero-order valence-electron chi connectivity index (χ0n) is 15.3. The van der Waals surface area contributed by atoms with Crippen LogP contribution in [0, 0.1) is 0 Å². The van der Waals surface area contributed by atoms with Gasteiger partial charge in [0, 0.05) is 12.6 Å². The maximum absolute atomic E-state index is 12.2. The van der Waals surface area contributed by atoms with E-state index in [2.05, 4.69) is 32.9 Å². The first-order valence-corrected chi connectivity index (χ1v) is 8.85. The van der Waals surface area contributed by atoms with Crippen LogP contribution < -0.4 is 0 Å². The molecule has 130 valence electrons. The number of carbonyl (C=O) groups excluding carboxylic acids is 1. The van der Waals surface area contributed by atoms with E-state index in [1.807, 2.05) is 6.92 Å². The molecule has 1 fully saturated rings. The molecule has 1 amide bonds. The minimum absolute atomic E-state index is 0.0426. The van der Waals surface area contributed by atoms with E-state index in [-0.39, 0.29) is 5.91 Å². The maximum atomic E-state index is 12.2. The second-order valence-electron chi connectivity index (χ2n) is 6.91. The lowest BCUT2D eigenvalue weighted by atomic mass is 10.1. The van der Waals surface area contributed by atoms with Crippen LogP contribution in [0.2, 0.25) is 0 Å². The van der Waals surface area contributed by atoms with Gasteiger partial charge in [0.2, 0.25) is 5.91 Å². The van der Waals surface area contributed by atoms with Gasteiger partial charge in [0.25, 0.3) is 0 Å². The molecule has 0 aromatic carbocycles. The summed E-state index contributed by atoms with van der Waals surface area (Å²) >= 11 is 0. The summed E-state index contributed by atoms with van der Waals surface area (Å²) in [5, 5.41) is 9.88. The molecule has 1 aliphatic rings. The SMILES string of the molecule is CC(C)=CCC/C(C)=C/CC/C(C)=C/C(=O)N1CCCCC1O. The van der Waals surface area contributed by atoms with Crippen LogP contribution in [0.25, 0.3) is 0 Å². The van der Waals surface area contributed by atoms with Gasteiger partial charge in [0.1, 0.15) is 6.23 Å². The minimum Gasteiger partial charge on any atom is -0.374 e. The summed E-state index contributed by atoms with van der Waals surface area (Å²) in [4.78, 5) is 13.8. The van der Waals surface area contributed by atoms with E-state index in [9.17, 15) is 9.90 Å². The molecule has 0 radical (unpaired) electrons. The summed E-state index contributed by atoms with van der Waals surface area (Å²) in [6.07, 6.45) is 12.4. The van der Waals surface area contributed by atoms with E-state index >= 15 is 0 Å². The molecule has 0 saturated carbocycles. The summed E-state index contributed by atoms with van der Waals surface area (Å²) in [5.74, 6) is -0.0426. The van der Waals surface area contributed by atoms with Crippen molar-refractivity contribution < 1.29 is 9.90 Å². The van der Waals surface area contributed by atoms with E-state index in [4.69, 9.17) is 0 Å². The largest absolute Gasteiger partial charge is 0.374 e. The molecule has 1 unspecified atom stereocenters. The minimum atomic E-state index is -0.600. The van der Waals surface area contributed by atoms with Crippen LogP contribution in [-0.2, 0) is 4.79 Å². The van der Waals surface area contributed by atoms with Crippen LogP contribution in [-0.4, -0.2) is 28.7 Å². The second-order valence-corrected chi connectivity index (χ2v) is 6.91. The molecule has 1 atom stereocenters. The summed E-state index contributed by atoms with van der Waals surface area (Å²) in [7, 11) is 0. The van der Waals surface area contributed by atoms with Crippen molar-refractivity contribution in [3.8, 4) is 0 Å².